The van der Waals surface area contributed by atoms with Crippen molar-refractivity contribution in [2.45, 2.75) is 19.4 Å². The molecule has 0 fully saturated rings. The number of nitrogens with one attached hydrogen (secondary N) is 1. The maximum absolute atomic E-state index is 13.1. The largest absolute Gasteiger partial charge is 0.370 e. The lowest BCUT2D eigenvalue weighted by Crippen LogP contribution is -2.27. The zero-order chi connectivity index (χ0) is 17.5. The zero-order valence-electron chi connectivity index (χ0n) is 14.9. The van der Waals surface area contributed by atoms with Gasteiger partial charge in [-0.1, -0.05) is 31.2 Å². The summed E-state index contributed by atoms with van der Waals surface area (Å²) in [5.74, 6) is 0.129. The fourth-order valence-corrected chi connectivity index (χ4v) is 2.45. The molecule has 0 amide bonds. The highest BCUT2D eigenvalue weighted by Gasteiger charge is 2.13. The second-order valence-corrected chi connectivity index (χ2v) is 5.93. The first-order valence-corrected chi connectivity index (χ1v) is 8.07. The van der Waals surface area contributed by atoms with Gasteiger partial charge in [0.05, 0.1) is 12.6 Å². The van der Waals surface area contributed by atoms with E-state index in [-0.39, 0.29) is 35.8 Å². The van der Waals surface area contributed by atoms with Crippen molar-refractivity contribution < 1.29 is 4.39 Å². The molecule has 0 aliphatic carbocycles. The van der Waals surface area contributed by atoms with Crippen LogP contribution >= 0.6 is 24.0 Å². The van der Waals surface area contributed by atoms with Crippen molar-refractivity contribution in [3.05, 3.63) is 65.5 Å². The number of guanidine groups is 1. The van der Waals surface area contributed by atoms with Crippen LogP contribution in [0.25, 0.3) is 0 Å². The maximum atomic E-state index is 13.1. The minimum atomic E-state index is -0.239. The fourth-order valence-electron chi connectivity index (χ4n) is 2.45. The quantitative estimate of drug-likeness (QED) is 0.392. The van der Waals surface area contributed by atoms with Crippen LogP contribution in [0.5, 0.6) is 0 Å². The Kier molecular flexibility index (Phi) is 8.85. The molecule has 0 saturated heterocycles. The van der Waals surface area contributed by atoms with Crippen molar-refractivity contribution in [2.24, 2.45) is 10.7 Å². The van der Waals surface area contributed by atoms with Gasteiger partial charge in [0, 0.05) is 5.69 Å². The molecule has 25 heavy (non-hydrogen) atoms. The number of nitrogens with two attached hydrogens (primary N) is 1. The number of halogens is 2. The van der Waals surface area contributed by atoms with Gasteiger partial charge in [-0.2, -0.15) is 0 Å². The van der Waals surface area contributed by atoms with Crippen LogP contribution in [-0.4, -0.2) is 31.5 Å². The monoisotopic (exact) mass is 456 g/mol. The minimum Gasteiger partial charge on any atom is -0.370 e. The van der Waals surface area contributed by atoms with Crippen LogP contribution in [0.1, 0.15) is 24.1 Å². The highest BCUT2D eigenvalue weighted by molar-refractivity contribution is 14.0. The van der Waals surface area contributed by atoms with E-state index in [1.54, 1.807) is 12.1 Å². The Morgan fingerprint density at radius 1 is 1.12 bits per heavy atom. The van der Waals surface area contributed by atoms with Gasteiger partial charge in [-0.15, -0.1) is 24.0 Å². The van der Waals surface area contributed by atoms with E-state index in [0.717, 1.165) is 17.7 Å². The summed E-state index contributed by atoms with van der Waals surface area (Å²) >= 11 is 0. The summed E-state index contributed by atoms with van der Waals surface area (Å²) in [6.45, 7) is 2.61. The second kappa shape index (κ2) is 10.4. The zero-order valence-corrected chi connectivity index (χ0v) is 17.2. The van der Waals surface area contributed by atoms with Crippen molar-refractivity contribution in [1.29, 1.82) is 0 Å². The Hall–Kier alpha value is -1.67. The molecule has 0 spiro atoms. The van der Waals surface area contributed by atoms with Gasteiger partial charge in [-0.3, -0.25) is 4.99 Å². The molecule has 4 nitrogen and oxygen atoms in total. The van der Waals surface area contributed by atoms with Gasteiger partial charge in [0.2, 0.25) is 0 Å². The fraction of sp³-hybridized carbons (Fsp3) is 0.316. The van der Waals surface area contributed by atoms with Crippen LogP contribution in [0.2, 0.25) is 0 Å². The molecule has 2 aromatic carbocycles. The smallest absolute Gasteiger partial charge is 0.193 e. The predicted octanol–water partition coefficient (Wildman–Crippen LogP) is 4.04. The van der Waals surface area contributed by atoms with Crippen LogP contribution in [0.3, 0.4) is 0 Å². The number of aliphatic imine (C=N–C) groups is 1. The SMILES string of the molecule is CCc1ccc(NC(N)=NCC(c2ccc(F)cc2)N(C)C)cc1.I. The lowest BCUT2D eigenvalue weighted by Gasteiger charge is -2.23. The van der Waals surface area contributed by atoms with E-state index in [2.05, 4.69) is 29.4 Å². The first-order valence-electron chi connectivity index (χ1n) is 8.07. The Morgan fingerprint density at radius 2 is 1.72 bits per heavy atom. The summed E-state index contributed by atoms with van der Waals surface area (Å²) in [7, 11) is 3.94. The summed E-state index contributed by atoms with van der Waals surface area (Å²) in [5, 5.41) is 3.10. The van der Waals surface area contributed by atoms with E-state index in [9.17, 15) is 4.39 Å². The number of anilines is 1. The van der Waals surface area contributed by atoms with Gasteiger partial charge >= 0.3 is 0 Å². The average molecular weight is 456 g/mol. The highest BCUT2D eigenvalue weighted by Crippen LogP contribution is 2.19. The second-order valence-electron chi connectivity index (χ2n) is 5.93. The van der Waals surface area contributed by atoms with Crippen molar-refractivity contribution in [2.75, 3.05) is 26.0 Å². The number of nitrogens with zero attached hydrogens (tertiary/aromatic N) is 2. The molecule has 0 aliphatic rings. The highest BCUT2D eigenvalue weighted by atomic mass is 127. The molecule has 0 radical (unpaired) electrons. The first kappa shape index (κ1) is 21.4. The van der Waals surface area contributed by atoms with Crippen molar-refractivity contribution in [3.8, 4) is 0 Å². The number of hydrogen-bond acceptors (Lipinski definition) is 2. The van der Waals surface area contributed by atoms with E-state index in [1.807, 2.05) is 31.1 Å². The Bertz CT molecular complexity index is 669. The minimum absolute atomic E-state index is 0. The third-order valence-electron chi connectivity index (χ3n) is 3.95. The molecule has 0 heterocycles. The Labute approximate surface area is 166 Å². The number of likely N-dealkylation sites (N-methyl/N-ethyl adjacent to an activating group) is 1. The average Bonchev–Trinajstić information content (AvgIpc) is 2.57. The van der Waals surface area contributed by atoms with Gasteiger partial charge in [0.25, 0.3) is 0 Å². The topological polar surface area (TPSA) is 53.6 Å². The summed E-state index contributed by atoms with van der Waals surface area (Å²) in [6.07, 6.45) is 1.01. The Morgan fingerprint density at radius 3 is 2.24 bits per heavy atom. The van der Waals surface area contributed by atoms with Crippen molar-refractivity contribution in [1.82, 2.24) is 4.90 Å². The van der Waals surface area contributed by atoms with Crippen LogP contribution in [0, 0.1) is 5.82 Å². The lowest BCUT2D eigenvalue weighted by atomic mass is 10.1. The molecular formula is C19H26FIN4. The maximum Gasteiger partial charge on any atom is 0.193 e. The summed E-state index contributed by atoms with van der Waals surface area (Å²) in [5.41, 5.74) is 9.18. The van der Waals surface area contributed by atoms with Gasteiger partial charge < -0.3 is 16.0 Å². The molecule has 1 atom stereocenters. The van der Waals surface area contributed by atoms with E-state index >= 15 is 0 Å². The van der Waals surface area contributed by atoms with Crippen LogP contribution < -0.4 is 11.1 Å². The normalized spacial score (nSPS) is 12.6. The number of hydrogen-bond donors (Lipinski definition) is 2. The third-order valence-corrected chi connectivity index (χ3v) is 3.95. The summed E-state index contributed by atoms with van der Waals surface area (Å²) in [6, 6.07) is 14.6. The Balaban J connectivity index is 0.00000312. The molecular weight excluding hydrogens is 430 g/mol. The molecule has 3 N–H and O–H groups in total. The molecule has 0 aliphatic heterocycles. The molecule has 0 saturated carbocycles. The first-order chi connectivity index (χ1) is 11.5. The molecule has 136 valence electrons. The van der Waals surface area contributed by atoms with Gasteiger partial charge in [0.1, 0.15) is 5.82 Å². The third kappa shape index (κ3) is 6.62. The van der Waals surface area contributed by atoms with Crippen molar-refractivity contribution >= 4 is 35.6 Å². The van der Waals surface area contributed by atoms with Crippen molar-refractivity contribution in [3.63, 3.8) is 0 Å². The standard InChI is InChI=1S/C19H25FN4.HI/c1-4-14-5-11-17(12-6-14)23-19(21)22-13-18(24(2)3)15-7-9-16(20)10-8-15;/h5-12,18H,4,13H2,1-3H3,(H3,21,22,23);1H. The van der Waals surface area contributed by atoms with E-state index < -0.39 is 0 Å². The van der Waals surface area contributed by atoms with E-state index in [0.29, 0.717) is 12.5 Å². The molecule has 6 heteroatoms. The van der Waals surface area contributed by atoms with Gasteiger partial charge in [-0.25, -0.2) is 4.39 Å². The summed E-state index contributed by atoms with van der Waals surface area (Å²) < 4.78 is 13.1. The van der Waals surface area contributed by atoms with E-state index in [1.165, 1.54) is 17.7 Å². The van der Waals surface area contributed by atoms with Gasteiger partial charge in [0.15, 0.2) is 5.96 Å². The molecule has 1 unspecified atom stereocenters. The van der Waals surface area contributed by atoms with Gasteiger partial charge in [-0.05, 0) is 55.9 Å². The number of rotatable bonds is 6. The summed E-state index contributed by atoms with van der Waals surface area (Å²) in [4.78, 5) is 6.47. The predicted molar refractivity (Wildman–Crippen MR) is 114 cm³/mol. The molecule has 0 aromatic heterocycles. The van der Waals surface area contributed by atoms with Crippen LogP contribution in [0.15, 0.2) is 53.5 Å². The lowest BCUT2D eigenvalue weighted by molar-refractivity contribution is 0.306. The van der Waals surface area contributed by atoms with E-state index in [4.69, 9.17) is 5.73 Å². The van der Waals surface area contributed by atoms with Crippen LogP contribution in [0.4, 0.5) is 10.1 Å². The number of aryl methyl sites for hydroxylation is 1. The molecule has 0 bridgehead atoms. The molecule has 2 rings (SSSR count). The molecule has 2 aromatic rings. The number of benzene rings is 2. The van der Waals surface area contributed by atoms with Crippen LogP contribution in [-0.2, 0) is 6.42 Å².